The van der Waals surface area contributed by atoms with Crippen molar-refractivity contribution < 1.29 is 1.43 Å². The Morgan fingerprint density at radius 1 is 0.586 bits per heavy atom. The summed E-state index contributed by atoms with van der Waals surface area (Å²) in [5.74, 6) is 4.02. The minimum Gasteiger partial charge on any atom is -0.0683 e. The molecule has 0 radical (unpaired) electrons. The van der Waals surface area contributed by atoms with Gasteiger partial charge in [-0.1, -0.05) is 132 Å². The summed E-state index contributed by atoms with van der Waals surface area (Å²) in [6.07, 6.45) is 13.3. The monoisotopic (exact) mass is 407 g/mol. The molecule has 4 rings (SSSR count). The Hall–Kier alpha value is -0.780. The van der Waals surface area contributed by atoms with Crippen molar-refractivity contribution in [1.82, 2.24) is 0 Å². The van der Waals surface area contributed by atoms with E-state index >= 15 is 0 Å². The smallest absolute Gasteiger partial charge is 0 e. The maximum atomic E-state index is 2.24. The van der Waals surface area contributed by atoms with Crippen molar-refractivity contribution in [2.24, 2.45) is 23.7 Å². The minimum absolute atomic E-state index is 0. The normalized spacial score (nSPS) is 20.1. The maximum Gasteiger partial charge on any atom is 0 e. The number of fused-ring (bicyclic) bond motifs is 2. The third-order valence-corrected chi connectivity index (χ3v) is 4.98. The summed E-state index contributed by atoms with van der Waals surface area (Å²) >= 11 is 0. The summed E-state index contributed by atoms with van der Waals surface area (Å²) in [7, 11) is 0. The van der Waals surface area contributed by atoms with E-state index in [-0.39, 0.29) is 1.43 Å². The Balaban J connectivity index is -0.000000321. The fourth-order valence-electron chi connectivity index (χ4n) is 4.03. The molecule has 29 heavy (non-hydrogen) atoms. The molecule has 0 N–H and O–H groups in total. The lowest BCUT2D eigenvalue weighted by Crippen LogP contribution is -1.95. The third-order valence-electron chi connectivity index (χ3n) is 4.98. The van der Waals surface area contributed by atoms with Gasteiger partial charge in [0.25, 0.3) is 0 Å². The first-order chi connectivity index (χ1) is 13.9. The zero-order valence-corrected chi connectivity index (χ0v) is 22.0. The average molecular weight is 408 g/mol. The van der Waals surface area contributed by atoms with Crippen LogP contribution in [-0.4, -0.2) is 0 Å². The molecule has 2 fully saturated rings. The maximum absolute atomic E-state index is 2.24. The van der Waals surface area contributed by atoms with Gasteiger partial charge in [-0.2, -0.15) is 0 Å². The molecule has 174 valence electrons. The molecule has 0 aromatic heterocycles. The second kappa shape index (κ2) is 20.5. The minimum atomic E-state index is 0. The van der Waals surface area contributed by atoms with Crippen molar-refractivity contribution in [2.45, 2.75) is 127 Å². The van der Waals surface area contributed by atoms with Gasteiger partial charge in [-0.3, -0.25) is 0 Å². The number of rotatable bonds is 0. The zero-order chi connectivity index (χ0) is 22.7. The molecule has 0 bridgehead atoms. The van der Waals surface area contributed by atoms with Crippen LogP contribution in [0, 0.1) is 23.7 Å². The summed E-state index contributed by atoms with van der Waals surface area (Å²) < 4.78 is 0. The summed E-state index contributed by atoms with van der Waals surface area (Å²) in [5.41, 5.74) is 3.13. The fraction of sp³-hybridized carbons (Fsp3) is 0.793. The van der Waals surface area contributed by atoms with Crippen LogP contribution in [0.15, 0.2) is 24.3 Å². The number of hydrogen-bond donors (Lipinski definition) is 0. The zero-order valence-electron chi connectivity index (χ0n) is 22.0. The van der Waals surface area contributed by atoms with Gasteiger partial charge in [-0.25, -0.2) is 0 Å². The molecule has 3 aliphatic carbocycles. The van der Waals surface area contributed by atoms with Crippen molar-refractivity contribution in [3.05, 3.63) is 35.4 Å². The van der Waals surface area contributed by atoms with E-state index in [9.17, 15) is 0 Å². The number of aryl methyl sites for hydroxylation is 2. The van der Waals surface area contributed by atoms with Crippen molar-refractivity contribution in [3.63, 3.8) is 0 Å². The van der Waals surface area contributed by atoms with Crippen LogP contribution in [0.3, 0.4) is 0 Å². The molecule has 0 unspecified atom stereocenters. The van der Waals surface area contributed by atoms with Crippen LogP contribution in [0.4, 0.5) is 0 Å². The van der Waals surface area contributed by atoms with E-state index in [4.69, 9.17) is 0 Å². The predicted octanol–water partition coefficient (Wildman–Crippen LogP) is 10.4. The van der Waals surface area contributed by atoms with Gasteiger partial charge in [0.1, 0.15) is 0 Å². The Bertz CT molecular complexity index is 395. The molecule has 0 heteroatoms. The largest absolute Gasteiger partial charge is 0.0683 e. The SMILES string of the molecule is C1CC2CCCC2C1.CC.CC.CC(C)C.CC(C)C.[2HH].c1ccc2c(c1)CCC2. The Morgan fingerprint density at radius 3 is 1.14 bits per heavy atom. The van der Waals surface area contributed by atoms with Crippen LogP contribution in [0.1, 0.15) is 127 Å². The Kier molecular flexibility index (Phi) is 21.5. The molecule has 0 nitrogen and oxygen atoms in total. The molecule has 3 aliphatic rings. The molecule has 2 saturated carbocycles. The first kappa shape index (κ1) is 30.4. The molecule has 1 aromatic carbocycles. The van der Waals surface area contributed by atoms with Crippen molar-refractivity contribution in [3.8, 4) is 0 Å². The molecule has 0 atom stereocenters. The molecule has 0 amide bonds. The van der Waals surface area contributed by atoms with E-state index in [1.807, 2.05) is 27.7 Å². The molecule has 0 heterocycles. The second-order valence-electron chi connectivity index (χ2n) is 9.47. The van der Waals surface area contributed by atoms with Gasteiger partial charge in [0.2, 0.25) is 0 Å². The van der Waals surface area contributed by atoms with E-state index in [1.165, 1.54) is 43.9 Å². The van der Waals surface area contributed by atoms with Gasteiger partial charge in [-0.05, 0) is 54.1 Å². The highest BCUT2D eigenvalue weighted by atomic mass is 14.4. The van der Waals surface area contributed by atoms with E-state index in [0.717, 1.165) is 11.8 Å². The van der Waals surface area contributed by atoms with Gasteiger partial charge in [0.05, 0.1) is 0 Å². The van der Waals surface area contributed by atoms with Gasteiger partial charge in [0.15, 0.2) is 0 Å². The van der Waals surface area contributed by atoms with E-state index in [1.54, 1.807) is 36.8 Å². The lowest BCUT2D eigenvalue weighted by molar-refractivity contribution is 0.457. The summed E-state index contributed by atoms with van der Waals surface area (Å²) in [6, 6.07) is 8.74. The summed E-state index contributed by atoms with van der Waals surface area (Å²) in [5, 5.41) is 0. The first-order valence-corrected chi connectivity index (χ1v) is 13.0. The standard InChI is InChI=1S/C9H10.C8H14.2C4H10.2C2H6.H2/c1-2-5-9-7-3-6-8(9)4-1;1-3-7-5-2-6-8(7)4-1;2*1-4(2)3;2*1-2;/h1-2,4-5H,3,6-7H2;7-8H,1-6H2;2*4H,1-3H3;2*1-2H3;1H/i;;;;;;1+1. The summed E-state index contributed by atoms with van der Waals surface area (Å²) in [6.45, 7) is 21.0. The van der Waals surface area contributed by atoms with Crippen LogP contribution in [-0.2, 0) is 12.8 Å². The van der Waals surface area contributed by atoms with Crippen LogP contribution in [0.5, 0.6) is 0 Å². The predicted molar refractivity (Wildman–Crippen MR) is 139 cm³/mol. The van der Waals surface area contributed by atoms with Crippen molar-refractivity contribution >= 4 is 0 Å². The molecular weight excluding hydrogens is 348 g/mol. The van der Waals surface area contributed by atoms with Crippen molar-refractivity contribution in [1.29, 1.82) is 0 Å². The van der Waals surface area contributed by atoms with E-state index in [2.05, 4.69) is 65.8 Å². The topological polar surface area (TPSA) is 0 Å². The summed E-state index contributed by atoms with van der Waals surface area (Å²) in [4.78, 5) is 0. The first-order valence-electron chi connectivity index (χ1n) is 13.0. The fourth-order valence-corrected chi connectivity index (χ4v) is 4.03. The van der Waals surface area contributed by atoms with Gasteiger partial charge in [0, 0.05) is 1.43 Å². The van der Waals surface area contributed by atoms with E-state index in [0.29, 0.717) is 0 Å². The van der Waals surface area contributed by atoms with Crippen molar-refractivity contribution in [2.75, 3.05) is 0 Å². The van der Waals surface area contributed by atoms with Crippen LogP contribution >= 0.6 is 0 Å². The average Bonchev–Trinajstić information content (AvgIpc) is 3.42. The molecule has 1 aromatic rings. The highest BCUT2D eigenvalue weighted by Crippen LogP contribution is 2.43. The van der Waals surface area contributed by atoms with Gasteiger partial charge >= 0.3 is 0 Å². The molecular formula is C29H58. The van der Waals surface area contributed by atoms with Crippen LogP contribution in [0.25, 0.3) is 0 Å². The second-order valence-corrected chi connectivity index (χ2v) is 9.47. The quantitative estimate of drug-likeness (QED) is 0.401. The third kappa shape index (κ3) is 16.7. The molecule has 0 spiro atoms. The van der Waals surface area contributed by atoms with Crippen LogP contribution < -0.4 is 0 Å². The highest BCUT2D eigenvalue weighted by molar-refractivity contribution is 5.30. The Labute approximate surface area is 187 Å². The lowest BCUT2D eigenvalue weighted by Gasteiger charge is -2.04. The molecule has 0 aliphatic heterocycles. The van der Waals surface area contributed by atoms with E-state index < -0.39 is 0 Å². The van der Waals surface area contributed by atoms with Crippen LogP contribution in [0.2, 0.25) is 0 Å². The number of benzene rings is 1. The lowest BCUT2D eigenvalue weighted by atomic mass is 10.0. The number of hydrogen-bond acceptors (Lipinski definition) is 0. The Morgan fingerprint density at radius 2 is 0.862 bits per heavy atom. The highest BCUT2D eigenvalue weighted by Gasteiger charge is 2.30. The molecule has 0 saturated heterocycles. The van der Waals surface area contributed by atoms with Gasteiger partial charge < -0.3 is 0 Å². The van der Waals surface area contributed by atoms with Gasteiger partial charge in [-0.15, -0.1) is 0 Å².